The Morgan fingerprint density at radius 3 is 2.94 bits per heavy atom. The SMILES string of the molecule is c1cc2c(cc1NC1CCCNCC1)CCC2. The normalized spacial score (nSPS) is 24.1. The molecule has 0 spiro atoms. The molecule has 0 aromatic heterocycles. The summed E-state index contributed by atoms with van der Waals surface area (Å²) >= 11 is 0. The third-order valence-corrected chi connectivity index (χ3v) is 4.05. The summed E-state index contributed by atoms with van der Waals surface area (Å²) in [4.78, 5) is 0. The van der Waals surface area contributed by atoms with Crippen LogP contribution in [0.5, 0.6) is 0 Å². The largest absolute Gasteiger partial charge is 0.382 e. The number of hydrogen-bond donors (Lipinski definition) is 2. The molecule has 1 heterocycles. The predicted molar refractivity (Wildman–Crippen MR) is 72.6 cm³/mol. The van der Waals surface area contributed by atoms with Gasteiger partial charge in [-0.3, -0.25) is 0 Å². The molecule has 0 bridgehead atoms. The van der Waals surface area contributed by atoms with Crippen LogP contribution in [-0.4, -0.2) is 19.1 Å². The average molecular weight is 230 g/mol. The maximum absolute atomic E-state index is 3.71. The molecule has 0 amide bonds. The lowest BCUT2D eigenvalue weighted by molar-refractivity contribution is 0.637. The van der Waals surface area contributed by atoms with Crippen molar-refractivity contribution in [1.82, 2.24) is 5.32 Å². The summed E-state index contributed by atoms with van der Waals surface area (Å²) in [5, 5.41) is 7.18. The molecule has 1 unspecified atom stereocenters. The molecule has 1 saturated heterocycles. The average Bonchev–Trinajstić information content (AvgIpc) is 2.65. The maximum atomic E-state index is 3.71. The van der Waals surface area contributed by atoms with Crippen molar-refractivity contribution in [2.45, 2.75) is 44.6 Å². The van der Waals surface area contributed by atoms with Gasteiger partial charge >= 0.3 is 0 Å². The summed E-state index contributed by atoms with van der Waals surface area (Å²) in [6.45, 7) is 2.34. The van der Waals surface area contributed by atoms with Crippen LogP contribution in [0.2, 0.25) is 0 Å². The summed E-state index contributed by atoms with van der Waals surface area (Å²) in [6, 6.07) is 7.62. The Hall–Kier alpha value is -1.02. The molecular weight excluding hydrogens is 208 g/mol. The van der Waals surface area contributed by atoms with E-state index in [0.29, 0.717) is 6.04 Å². The molecule has 1 atom stereocenters. The smallest absolute Gasteiger partial charge is 0.0345 e. The molecule has 0 radical (unpaired) electrons. The van der Waals surface area contributed by atoms with Gasteiger partial charge in [-0.15, -0.1) is 0 Å². The first-order valence-electron chi connectivity index (χ1n) is 7.01. The number of nitrogens with one attached hydrogen (secondary N) is 2. The van der Waals surface area contributed by atoms with E-state index in [1.54, 1.807) is 11.1 Å². The molecule has 2 heteroatoms. The highest BCUT2D eigenvalue weighted by molar-refractivity contribution is 5.50. The minimum absolute atomic E-state index is 0.657. The fourth-order valence-electron chi connectivity index (χ4n) is 3.06. The lowest BCUT2D eigenvalue weighted by Crippen LogP contribution is -2.21. The topological polar surface area (TPSA) is 24.1 Å². The Labute approximate surface area is 104 Å². The van der Waals surface area contributed by atoms with Crippen molar-refractivity contribution in [2.24, 2.45) is 0 Å². The van der Waals surface area contributed by atoms with E-state index in [1.165, 1.54) is 50.8 Å². The van der Waals surface area contributed by atoms with Gasteiger partial charge in [0.25, 0.3) is 0 Å². The maximum Gasteiger partial charge on any atom is 0.0345 e. The fourth-order valence-corrected chi connectivity index (χ4v) is 3.06. The van der Waals surface area contributed by atoms with Crippen LogP contribution in [0.3, 0.4) is 0 Å². The lowest BCUT2D eigenvalue weighted by atomic mass is 10.1. The van der Waals surface area contributed by atoms with Crippen molar-refractivity contribution < 1.29 is 0 Å². The van der Waals surface area contributed by atoms with Crippen LogP contribution < -0.4 is 10.6 Å². The minimum Gasteiger partial charge on any atom is -0.382 e. The summed E-state index contributed by atoms with van der Waals surface area (Å²) in [6.07, 6.45) is 7.73. The third-order valence-electron chi connectivity index (χ3n) is 4.05. The Morgan fingerprint density at radius 2 is 1.94 bits per heavy atom. The summed E-state index contributed by atoms with van der Waals surface area (Å²) in [5.74, 6) is 0. The van der Waals surface area contributed by atoms with Crippen LogP contribution in [0.15, 0.2) is 18.2 Å². The van der Waals surface area contributed by atoms with E-state index in [4.69, 9.17) is 0 Å². The molecule has 2 N–H and O–H groups in total. The number of hydrogen-bond acceptors (Lipinski definition) is 2. The van der Waals surface area contributed by atoms with E-state index in [1.807, 2.05) is 0 Å². The van der Waals surface area contributed by atoms with E-state index in [9.17, 15) is 0 Å². The van der Waals surface area contributed by atoms with Crippen molar-refractivity contribution in [2.75, 3.05) is 18.4 Å². The summed E-state index contributed by atoms with van der Waals surface area (Å²) in [7, 11) is 0. The molecule has 1 aromatic rings. The first-order chi connectivity index (χ1) is 8.42. The van der Waals surface area contributed by atoms with Crippen LogP contribution >= 0.6 is 0 Å². The van der Waals surface area contributed by atoms with E-state index in [-0.39, 0.29) is 0 Å². The Balaban J connectivity index is 1.67. The number of benzene rings is 1. The number of anilines is 1. The van der Waals surface area contributed by atoms with Gasteiger partial charge in [0.2, 0.25) is 0 Å². The predicted octanol–water partition coefficient (Wildman–Crippen LogP) is 2.73. The van der Waals surface area contributed by atoms with Gasteiger partial charge in [-0.25, -0.2) is 0 Å². The highest BCUT2D eigenvalue weighted by atomic mass is 14.9. The van der Waals surface area contributed by atoms with Crippen LogP contribution in [-0.2, 0) is 12.8 Å². The summed E-state index contributed by atoms with van der Waals surface area (Å²) in [5.41, 5.74) is 4.47. The van der Waals surface area contributed by atoms with Gasteiger partial charge in [-0.05, 0) is 74.9 Å². The molecular formula is C15H22N2. The zero-order valence-electron chi connectivity index (χ0n) is 10.5. The minimum atomic E-state index is 0.657. The van der Waals surface area contributed by atoms with Gasteiger partial charge in [0, 0.05) is 11.7 Å². The van der Waals surface area contributed by atoms with Gasteiger partial charge in [-0.1, -0.05) is 6.07 Å². The van der Waals surface area contributed by atoms with Gasteiger partial charge in [-0.2, -0.15) is 0 Å². The standard InChI is InChI=1S/C15H22N2/c1-3-12-6-7-15(11-13(12)4-1)17-14-5-2-9-16-10-8-14/h6-7,11,14,16-17H,1-5,8-10H2. The second-order valence-electron chi connectivity index (χ2n) is 5.36. The summed E-state index contributed by atoms with van der Waals surface area (Å²) < 4.78 is 0. The first-order valence-corrected chi connectivity index (χ1v) is 7.01. The van der Waals surface area contributed by atoms with Crippen LogP contribution in [0, 0.1) is 0 Å². The van der Waals surface area contributed by atoms with E-state index in [0.717, 1.165) is 6.54 Å². The molecule has 3 rings (SSSR count). The van der Waals surface area contributed by atoms with E-state index in [2.05, 4.69) is 28.8 Å². The first kappa shape index (κ1) is 11.1. The number of aryl methyl sites for hydroxylation is 2. The zero-order chi connectivity index (χ0) is 11.5. The number of fused-ring (bicyclic) bond motifs is 1. The molecule has 2 nitrogen and oxygen atoms in total. The van der Waals surface area contributed by atoms with Crippen molar-refractivity contribution >= 4 is 5.69 Å². The second kappa shape index (κ2) is 5.09. The van der Waals surface area contributed by atoms with Crippen LogP contribution in [0.25, 0.3) is 0 Å². The van der Waals surface area contributed by atoms with Gasteiger partial charge in [0.1, 0.15) is 0 Å². The Morgan fingerprint density at radius 1 is 1.00 bits per heavy atom. The highest BCUT2D eigenvalue weighted by Gasteiger charge is 2.14. The Bertz CT molecular complexity index is 379. The monoisotopic (exact) mass is 230 g/mol. The zero-order valence-corrected chi connectivity index (χ0v) is 10.5. The molecule has 2 aliphatic rings. The van der Waals surface area contributed by atoms with Gasteiger partial charge in [0.15, 0.2) is 0 Å². The Kier molecular flexibility index (Phi) is 3.32. The number of rotatable bonds is 2. The van der Waals surface area contributed by atoms with Crippen LogP contribution in [0.4, 0.5) is 5.69 Å². The van der Waals surface area contributed by atoms with Gasteiger partial charge in [0.05, 0.1) is 0 Å². The van der Waals surface area contributed by atoms with Crippen molar-refractivity contribution in [1.29, 1.82) is 0 Å². The lowest BCUT2D eigenvalue weighted by Gasteiger charge is -2.18. The van der Waals surface area contributed by atoms with Crippen molar-refractivity contribution in [3.05, 3.63) is 29.3 Å². The molecule has 0 saturated carbocycles. The van der Waals surface area contributed by atoms with E-state index < -0.39 is 0 Å². The molecule has 1 aromatic carbocycles. The fraction of sp³-hybridized carbons (Fsp3) is 0.600. The molecule has 92 valence electrons. The molecule has 1 aliphatic carbocycles. The third kappa shape index (κ3) is 2.63. The molecule has 1 fully saturated rings. The van der Waals surface area contributed by atoms with E-state index >= 15 is 0 Å². The second-order valence-corrected chi connectivity index (χ2v) is 5.36. The quantitative estimate of drug-likeness (QED) is 0.816. The van der Waals surface area contributed by atoms with Crippen molar-refractivity contribution in [3.8, 4) is 0 Å². The highest BCUT2D eigenvalue weighted by Crippen LogP contribution is 2.25. The van der Waals surface area contributed by atoms with Gasteiger partial charge < -0.3 is 10.6 Å². The van der Waals surface area contributed by atoms with Crippen molar-refractivity contribution in [3.63, 3.8) is 0 Å². The molecule has 1 aliphatic heterocycles. The van der Waals surface area contributed by atoms with Crippen LogP contribution in [0.1, 0.15) is 36.8 Å². The molecule has 17 heavy (non-hydrogen) atoms.